The van der Waals surface area contributed by atoms with Gasteiger partial charge < -0.3 is 19.9 Å². The van der Waals surface area contributed by atoms with E-state index in [1.165, 1.54) is 0 Å². The molecular weight excluding hydrogens is 294 g/mol. The zero-order valence-corrected chi connectivity index (χ0v) is 12.6. The van der Waals surface area contributed by atoms with Crippen molar-refractivity contribution >= 4 is 11.6 Å². The lowest BCUT2D eigenvalue weighted by molar-refractivity contribution is 0.173. The number of benzene rings is 1. The Morgan fingerprint density at radius 1 is 1.38 bits per heavy atom. The maximum absolute atomic E-state index is 6.20. The first-order chi connectivity index (χ1) is 10.1. The van der Waals surface area contributed by atoms with Crippen LogP contribution >= 0.6 is 11.6 Å². The summed E-state index contributed by atoms with van der Waals surface area (Å²) in [6.45, 7) is 2.79. The van der Waals surface area contributed by atoms with Crippen molar-refractivity contribution in [3.63, 3.8) is 0 Å². The molecule has 21 heavy (non-hydrogen) atoms. The maximum atomic E-state index is 6.20. The van der Waals surface area contributed by atoms with Crippen LogP contribution in [0.5, 0.6) is 17.2 Å². The topological polar surface area (TPSA) is 71.5 Å². The van der Waals surface area contributed by atoms with Crippen molar-refractivity contribution in [2.75, 3.05) is 6.79 Å². The van der Waals surface area contributed by atoms with Gasteiger partial charge in [-0.15, -0.1) is 0 Å². The molecule has 0 saturated carbocycles. The van der Waals surface area contributed by atoms with Crippen LogP contribution in [0.4, 0.5) is 0 Å². The Kier molecular flexibility index (Phi) is 3.65. The predicted molar refractivity (Wildman–Crippen MR) is 77.7 cm³/mol. The molecule has 0 fully saturated rings. The number of halogens is 1. The predicted octanol–water partition coefficient (Wildman–Crippen LogP) is 2.15. The van der Waals surface area contributed by atoms with Crippen molar-refractivity contribution in [2.45, 2.75) is 20.1 Å². The molecule has 3 rings (SSSR count). The Hall–Kier alpha value is -1.92. The first-order valence-electron chi connectivity index (χ1n) is 6.53. The average molecular weight is 310 g/mol. The summed E-state index contributed by atoms with van der Waals surface area (Å²) in [6, 6.07) is 3.64. The minimum absolute atomic E-state index is 0.219. The standard InChI is InChI=1S/C14H16ClN3O3/c1-8-10(14(15)18(2)17-8)6-19-11-4-13-12(20-7-21-13)3-9(11)5-16/h3-4H,5-7,16H2,1-2H3. The fourth-order valence-corrected chi connectivity index (χ4v) is 2.48. The Labute approximate surface area is 127 Å². The number of aryl methyl sites for hydroxylation is 2. The molecule has 0 aliphatic carbocycles. The average Bonchev–Trinajstić information content (AvgIpc) is 3.01. The number of nitrogens with zero attached hydrogens (tertiary/aromatic N) is 2. The van der Waals surface area contributed by atoms with Crippen LogP contribution in [0, 0.1) is 6.92 Å². The quantitative estimate of drug-likeness (QED) is 0.937. The normalized spacial score (nSPS) is 12.8. The van der Waals surface area contributed by atoms with Gasteiger partial charge in [0.1, 0.15) is 17.5 Å². The van der Waals surface area contributed by atoms with Gasteiger partial charge in [-0.2, -0.15) is 5.10 Å². The summed E-state index contributed by atoms with van der Waals surface area (Å²) in [6.07, 6.45) is 0. The monoisotopic (exact) mass is 309 g/mol. The van der Waals surface area contributed by atoms with Crippen molar-refractivity contribution in [2.24, 2.45) is 12.8 Å². The van der Waals surface area contributed by atoms with Gasteiger partial charge in [-0.05, 0) is 13.0 Å². The number of aromatic nitrogens is 2. The summed E-state index contributed by atoms with van der Waals surface area (Å²) >= 11 is 6.20. The zero-order valence-electron chi connectivity index (χ0n) is 11.9. The highest BCUT2D eigenvalue weighted by molar-refractivity contribution is 6.30. The van der Waals surface area contributed by atoms with E-state index in [1.54, 1.807) is 17.8 Å². The SMILES string of the molecule is Cc1nn(C)c(Cl)c1COc1cc2c(cc1CN)OCO2. The Morgan fingerprint density at radius 3 is 2.71 bits per heavy atom. The van der Waals surface area contributed by atoms with E-state index in [2.05, 4.69) is 5.10 Å². The van der Waals surface area contributed by atoms with E-state index in [1.807, 2.05) is 13.0 Å². The molecule has 0 radical (unpaired) electrons. The third-order valence-corrected chi connectivity index (χ3v) is 3.89. The third kappa shape index (κ3) is 2.52. The van der Waals surface area contributed by atoms with Gasteiger partial charge in [0.2, 0.25) is 6.79 Å². The van der Waals surface area contributed by atoms with Crippen molar-refractivity contribution in [3.8, 4) is 17.2 Å². The molecule has 1 aromatic carbocycles. The van der Waals surface area contributed by atoms with Gasteiger partial charge >= 0.3 is 0 Å². The smallest absolute Gasteiger partial charge is 0.231 e. The van der Waals surface area contributed by atoms with Gasteiger partial charge in [0.05, 0.1) is 5.69 Å². The highest BCUT2D eigenvalue weighted by atomic mass is 35.5. The summed E-state index contributed by atoms with van der Waals surface area (Å²) < 4.78 is 18.2. The van der Waals surface area contributed by atoms with Crippen LogP contribution in [0.15, 0.2) is 12.1 Å². The number of hydrogen-bond acceptors (Lipinski definition) is 5. The van der Waals surface area contributed by atoms with Gasteiger partial charge in [-0.25, -0.2) is 0 Å². The van der Waals surface area contributed by atoms with Crippen LogP contribution in [-0.2, 0) is 20.2 Å². The van der Waals surface area contributed by atoms with E-state index in [4.69, 9.17) is 31.5 Å². The first-order valence-corrected chi connectivity index (χ1v) is 6.91. The number of ether oxygens (including phenoxy) is 3. The summed E-state index contributed by atoms with van der Waals surface area (Å²) in [5.41, 5.74) is 8.32. The first kappa shape index (κ1) is 14.0. The molecule has 6 nitrogen and oxygen atoms in total. The third-order valence-electron chi connectivity index (χ3n) is 3.42. The lowest BCUT2D eigenvalue weighted by Crippen LogP contribution is -2.03. The highest BCUT2D eigenvalue weighted by Gasteiger charge is 2.18. The molecule has 1 aromatic heterocycles. The number of rotatable bonds is 4. The van der Waals surface area contributed by atoms with Gasteiger partial charge in [0.15, 0.2) is 11.5 Å². The Bertz CT molecular complexity index is 685. The zero-order chi connectivity index (χ0) is 15.0. The molecule has 1 aliphatic heterocycles. The molecule has 2 N–H and O–H groups in total. The van der Waals surface area contributed by atoms with Crippen molar-refractivity contribution in [1.82, 2.24) is 9.78 Å². The summed E-state index contributed by atoms with van der Waals surface area (Å²) in [5.74, 6) is 2.02. The second kappa shape index (κ2) is 5.46. The minimum Gasteiger partial charge on any atom is -0.488 e. The van der Waals surface area contributed by atoms with Gasteiger partial charge in [0.25, 0.3) is 0 Å². The molecule has 0 amide bonds. The van der Waals surface area contributed by atoms with Crippen LogP contribution in [0.3, 0.4) is 0 Å². The molecule has 0 atom stereocenters. The molecule has 0 unspecified atom stereocenters. The fraction of sp³-hybridized carbons (Fsp3) is 0.357. The molecule has 112 valence electrons. The Morgan fingerprint density at radius 2 is 2.10 bits per heavy atom. The van der Waals surface area contributed by atoms with E-state index in [0.717, 1.165) is 16.8 Å². The summed E-state index contributed by atoms with van der Waals surface area (Å²) in [7, 11) is 1.80. The van der Waals surface area contributed by atoms with E-state index < -0.39 is 0 Å². The van der Waals surface area contributed by atoms with Crippen LogP contribution in [0.1, 0.15) is 16.8 Å². The Balaban J connectivity index is 1.85. The van der Waals surface area contributed by atoms with Gasteiger partial charge in [-0.3, -0.25) is 4.68 Å². The minimum atomic E-state index is 0.219. The second-order valence-corrected chi connectivity index (χ2v) is 5.14. The highest BCUT2D eigenvalue weighted by Crippen LogP contribution is 2.38. The molecule has 0 bridgehead atoms. The van der Waals surface area contributed by atoms with Crippen LogP contribution in [-0.4, -0.2) is 16.6 Å². The molecule has 0 spiro atoms. The van der Waals surface area contributed by atoms with Crippen LogP contribution in [0.25, 0.3) is 0 Å². The molecule has 2 aromatic rings. The molecule has 1 aliphatic rings. The summed E-state index contributed by atoms with van der Waals surface area (Å²) in [5, 5.41) is 4.83. The lowest BCUT2D eigenvalue weighted by Gasteiger charge is -2.11. The molecule has 0 saturated heterocycles. The van der Waals surface area contributed by atoms with Crippen molar-refractivity contribution in [3.05, 3.63) is 34.1 Å². The fourth-order valence-electron chi connectivity index (χ4n) is 2.25. The van der Waals surface area contributed by atoms with E-state index >= 15 is 0 Å². The van der Waals surface area contributed by atoms with E-state index in [9.17, 15) is 0 Å². The molecular formula is C14H16ClN3O3. The molecule has 2 heterocycles. The number of fused-ring (bicyclic) bond motifs is 1. The van der Waals surface area contributed by atoms with E-state index in [-0.39, 0.29) is 6.79 Å². The largest absolute Gasteiger partial charge is 0.488 e. The van der Waals surface area contributed by atoms with Crippen LogP contribution < -0.4 is 19.9 Å². The number of hydrogen-bond donors (Lipinski definition) is 1. The number of nitrogens with two attached hydrogens (primary N) is 1. The molecule has 7 heteroatoms. The maximum Gasteiger partial charge on any atom is 0.231 e. The second-order valence-electron chi connectivity index (χ2n) is 4.78. The van der Waals surface area contributed by atoms with Gasteiger partial charge in [0, 0.05) is 30.8 Å². The summed E-state index contributed by atoms with van der Waals surface area (Å²) in [4.78, 5) is 0. The van der Waals surface area contributed by atoms with Crippen molar-refractivity contribution in [1.29, 1.82) is 0 Å². The lowest BCUT2D eigenvalue weighted by atomic mass is 10.1. The van der Waals surface area contributed by atoms with Gasteiger partial charge in [-0.1, -0.05) is 11.6 Å². The van der Waals surface area contributed by atoms with Crippen LogP contribution in [0.2, 0.25) is 5.15 Å². The van der Waals surface area contributed by atoms with E-state index in [0.29, 0.717) is 35.6 Å². The van der Waals surface area contributed by atoms with Crippen molar-refractivity contribution < 1.29 is 14.2 Å².